The molecule has 8 heteroatoms. The first-order valence-electron chi connectivity index (χ1n) is 8.12. The first-order chi connectivity index (χ1) is 11.7. The minimum atomic E-state index is 0. The van der Waals surface area contributed by atoms with Gasteiger partial charge in [-0.1, -0.05) is 19.1 Å². The zero-order chi connectivity index (χ0) is 16.5. The Hall–Kier alpha value is -2.15. The fourth-order valence-corrected chi connectivity index (χ4v) is 2.83. The van der Waals surface area contributed by atoms with E-state index in [1.807, 2.05) is 54.0 Å². The third-order valence-corrected chi connectivity index (χ3v) is 4.62. The fraction of sp³-hybridized carbons (Fsp3) is 0.278. The summed E-state index contributed by atoms with van der Waals surface area (Å²) >= 11 is 0. The summed E-state index contributed by atoms with van der Waals surface area (Å²) in [6.07, 6.45) is 5.59. The molecule has 26 heavy (non-hydrogen) atoms. The van der Waals surface area contributed by atoms with Gasteiger partial charge < -0.3 is 10.6 Å². The van der Waals surface area contributed by atoms with Gasteiger partial charge in [0.05, 0.1) is 5.69 Å². The molecule has 0 aliphatic carbocycles. The molecule has 138 valence electrons. The van der Waals surface area contributed by atoms with Crippen LogP contribution in [0.3, 0.4) is 0 Å². The highest BCUT2D eigenvalue weighted by atomic mass is 35.5. The minimum absolute atomic E-state index is 0. The van der Waals surface area contributed by atoms with E-state index in [1.165, 1.54) is 0 Å². The van der Waals surface area contributed by atoms with Crippen LogP contribution in [-0.4, -0.2) is 33.4 Å². The molecule has 1 amide bonds. The van der Waals surface area contributed by atoms with Crippen molar-refractivity contribution in [1.82, 2.24) is 19.7 Å². The van der Waals surface area contributed by atoms with Crippen molar-refractivity contribution < 1.29 is 4.79 Å². The Morgan fingerprint density at radius 1 is 1.27 bits per heavy atom. The lowest BCUT2D eigenvalue weighted by Crippen LogP contribution is -2.48. The highest BCUT2D eigenvalue weighted by Gasteiger charge is 2.28. The molecule has 1 saturated heterocycles. The number of imidazole rings is 1. The van der Waals surface area contributed by atoms with E-state index < -0.39 is 0 Å². The maximum Gasteiger partial charge on any atom is 0.234 e. The van der Waals surface area contributed by atoms with E-state index in [0.717, 1.165) is 30.0 Å². The molecule has 2 aromatic heterocycles. The Labute approximate surface area is 164 Å². The van der Waals surface area contributed by atoms with E-state index in [0.29, 0.717) is 11.7 Å². The Morgan fingerprint density at radius 3 is 2.62 bits per heavy atom. The Morgan fingerprint density at radius 2 is 2.00 bits per heavy atom. The molecule has 3 aromatic rings. The topological polar surface area (TPSA) is 71.3 Å². The van der Waals surface area contributed by atoms with Crippen LogP contribution in [0.4, 0.5) is 5.69 Å². The maximum atomic E-state index is 12.3. The van der Waals surface area contributed by atoms with E-state index in [9.17, 15) is 4.79 Å². The number of hydrogen-bond donors (Lipinski definition) is 2. The largest absolute Gasteiger partial charge is 0.326 e. The number of hydrogen-bond acceptors (Lipinski definition) is 4. The minimum Gasteiger partial charge on any atom is -0.326 e. The lowest BCUT2D eigenvalue weighted by Gasteiger charge is -2.31. The summed E-state index contributed by atoms with van der Waals surface area (Å²) < 4.78 is 1.89. The normalized spacial score (nSPS) is 14.7. The van der Waals surface area contributed by atoms with Crippen LogP contribution in [0, 0.1) is 11.8 Å². The highest BCUT2D eigenvalue weighted by molar-refractivity contribution is 5.92. The number of aromatic nitrogens is 3. The van der Waals surface area contributed by atoms with Crippen LogP contribution in [0.1, 0.15) is 6.92 Å². The van der Waals surface area contributed by atoms with Gasteiger partial charge in [0, 0.05) is 35.8 Å². The lowest BCUT2D eigenvalue weighted by atomic mass is 9.88. The summed E-state index contributed by atoms with van der Waals surface area (Å²) in [5.41, 5.74) is 2.67. The number of anilines is 1. The monoisotopic (exact) mass is 393 g/mol. The molecule has 1 aromatic carbocycles. The van der Waals surface area contributed by atoms with Gasteiger partial charge in [-0.15, -0.1) is 24.8 Å². The van der Waals surface area contributed by atoms with Crippen LogP contribution in [0.2, 0.25) is 0 Å². The molecule has 1 fully saturated rings. The lowest BCUT2D eigenvalue weighted by molar-refractivity contribution is -0.121. The van der Waals surface area contributed by atoms with Crippen LogP contribution in [0.25, 0.3) is 17.0 Å². The smallest absolute Gasteiger partial charge is 0.234 e. The second-order valence-electron chi connectivity index (χ2n) is 6.23. The summed E-state index contributed by atoms with van der Waals surface area (Å²) in [7, 11) is 0. The third kappa shape index (κ3) is 3.98. The number of amides is 1. The number of fused-ring (bicyclic) bond motifs is 1. The van der Waals surface area contributed by atoms with Gasteiger partial charge >= 0.3 is 0 Å². The van der Waals surface area contributed by atoms with Crippen molar-refractivity contribution in [2.45, 2.75) is 6.92 Å². The van der Waals surface area contributed by atoms with E-state index in [4.69, 9.17) is 0 Å². The quantitative estimate of drug-likeness (QED) is 0.714. The summed E-state index contributed by atoms with van der Waals surface area (Å²) in [5, 5.41) is 6.19. The van der Waals surface area contributed by atoms with Crippen LogP contribution in [0.5, 0.6) is 0 Å². The van der Waals surface area contributed by atoms with Gasteiger partial charge in [-0.25, -0.2) is 9.97 Å². The van der Waals surface area contributed by atoms with Gasteiger partial charge in [-0.3, -0.25) is 9.20 Å². The van der Waals surface area contributed by atoms with Crippen LogP contribution < -0.4 is 10.6 Å². The van der Waals surface area contributed by atoms with Crippen molar-refractivity contribution in [3.63, 3.8) is 0 Å². The molecule has 0 bridgehead atoms. The molecular weight excluding hydrogens is 373 g/mol. The first kappa shape index (κ1) is 20.2. The molecule has 3 heterocycles. The number of nitrogens with zero attached hydrogens (tertiary/aromatic N) is 3. The molecule has 1 aliphatic heterocycles. The standard InChI is InChI=1S/C18H19N5O.2ClH/c1-12(14-9-19-10-14)17(24)21-15-5-3-13(4-6-15)16-11-23-8-2-7-20-18(23)22-16;;/h2-8,11-12,14,19H,9-10H2,1H3,(H,21,24);2*1H. The van der Waals surface area contributed by atoms with E-state index in [1.54, 1.807) is 6.20 Å². The average Bonchev–Trinajstić information content (AvgIpc) is 2.98. The maximum absolute atomic E-state index is 12.3. The molecular formula is C18H21Cl2N5O. The van der Waals surface area contributed by atoms with Gasteiger partial charge in [0.15, 0.2) is 0 Å². The molecule has 1 aliphatic rings. The van der Waals surface area contributed by atoms with Gasteiger partial charge in [0.1, 0.15) is 0 Å². The second-order valence-corrected chi connectivity index (χ2v) is 6.23. The molecule has 2 N–H and O–H groups in total. The molecule has 0 saturated carbocycles. The third-order valence-electron chi connectivity index (χ3n) is 4.62. The second kappa shape index (κ2) is 8.49. The Bertz CT molecular complexity index is 844. The number of rotatable bonds is 4. The van der Waals surface area contributed by atoms with Crippen LogP contribution >= 0.6 is 24.8 Å². The van der Waals surface area contributed by atoms with Crippen molar-refractivity contribution in [3.05, 3.63) is 48.9 Å². The zero-order valence-electron chi connectivity index (χ0n) is 14.3. The SMILES string of the molecule is CC(C(=O)Nc1ccc(-c2cn3cccnc3n2)cc1)C1CNC1.Cl.Cl. The van der Waals surface area contributed by atoms with E-state index in [-0.39, 0.29) is 36.6 Å². The molecule has 0 radical (unpaired) electrons. The van der Waals surface area contributed by atoms with Crippen LogP contribution in [0.15, 0.2) is 48.9 Å². The molecule has 0 spiro atoms. The first-order valence-corrected chi connectivity index (χ1v) is 8.12. The van der Waals surface area contributed by atoms with Crippen molar-refractivity contribution in [3.8, 4) is 11.3 Å². The number of carbonyl (C=O) groups is 1. The van der Waals surface area contributed by atoms with Gasteiger partial charge in [0.25, 0.3) is 0 Å². The van der Waals surface area contributed by atoms with Crippen LogP contribution in [-0.2, 0) is 4.79 Å². The number of benzene rings is 1. The summed E-state index contributed by atoms with van der Waals surface area (Å²) in [4.78, 5) is 21.0. The fourth-order valence-electron chi connectivity index (χ4n) is 2.83. The van der Waals surface area contributed by atoms with Gasteiger partial charge in [-0.2, -0.15) is 0 Å². The van der Waals surface area contributed by atoms with E-state index in [2.05, 4.69) is 20.6 Å². The Kier molecular flexibility index (Phi) is 6.58. The van der Waals surface area contributed by atoms with Gasteiger partial charge in [-0.05, 0) is 37.2 Å². The summed E-state index contributed by atoms with van der Waals surface area (Å²) in [5.74, 6) is 1.21. The molecule has 1 atom stereocenters. The predicted molar refractivity (Wildman–Crippen MR) is 107 cm³/mol. The number of nitrogens with one attached hydrogen (secondary N) is 2. The zero-order valence-corrected chi connectivity index (χ0v) is 15.9. The average molecular weight is 394 g/mol. The predicted octanol–water partition coefficient (Wildman–Crippen LogP) is 3.03. The number of halogens is 2. The van der Waals surface area contributed by atoms with Crippen molar-refractivity contribution in [2.24, 2.45) is 11.8 Å². The highest BCUT2D eigenvalue weighted by Crippen LogP contribution is 2.22. The van der Waals surface area contributed by atoms with Crippen molar-refractivity contribution in [2.75, 3.05) is 18.4 Å². The van der Waals surface area contributed by atoms with Crippen molar-refractivity contribution >= 4 is 42.2 Å². The van der Waals surface area contributed by atoms with Crippen molar-refractivity contribution in [1.29, 1.82) is 0 Å². The molecule has 6 nitrogen and oxygen atoms in total. The van der Waals surface area contributed by atoms with E-state index >= 15 is 0 Å². The molecule has 4 rings (SSSR count). The number of carbonyl (C=O) groups excluding carboxylic acids is 1. The molecule has 1 unspecified atom stereocenters. The Balaban J connectivity index is 0.00000121. The van der Waals surface area contributed by atoms with Gasteiger partial charge in [0.2, 0.25) is 11.7 Å². The summed E-state index contributed by atoms with van der Waals surface area (Å²) in [6, 6.07) is 9.63. The summed E-state index contributed by atoms with van der Waals surface area (Å²) in [6.45, 7) is 3.84.